The van der Waals surface area contributed by atoms with Crippen LogP contribution in [0.3, 0.4) is 0 Å². The number of hydrogen-bond donors (Lipinski definition) is 0. The van der Waals surface area contributed by atoms with Crippen molar-refractivity contribution >= 4 is 16.9 Å². The van der Waals surface area contributed by atoms with E-state index in [1.54, 1.807) is 47.6 Å². The lowest BCUT2D eigenvalue weighted by Gasteiger charge is -2.24. The molecule has 2 aromatic heterocycles. The second kappa shape index (κ2) is 8.65. The number of carbonyl (C=O) groups is 1. The van der Waals surface area contributed by atoms with E-state index in [2.05, 4.69) is 0 Å². The molecule has 35 heavy (non-hydrogen) atoms. The number of amides is 1. The van der Waals surface area contributed by atoms with E-state index in [1.165, 1.54) is 0 Å². The summed E-state index contributed by atoms with van der Waals surface area (Å²) in [6.45, 7) is 0.610. The third kappa shape index (κ3) is 3.79. The van der Waals surface area contributed by atoms with Gasteiger partial charge in [-0.05, 0) is 47.5 Å². The summed E-state index contributed by atoms with van der Waals surface area (Å²) in [5, 5.41) is 0.445. The quantitative estimate of drug-likeness (QED) is 0.323. The van der Waals surface area contributed by atoms with E-state index in [0.717, 1.165) is 11.1 Å². The van der Waals surface area contributed by atoms with Crippen molar-refractivity contribution in [3.8, 4) is 5.75 Å². The smallest absolute Gasteiger partial charge is 0.291 e. The number of nitrogens with zero attached hydrogens (tertiary/aromatic N) is 1. The highest BCUT2D eigenvalue weighted by atomic mass is 16.5. The number of hydrogen-bond acceptors (Lipinski definition) is 5. The highest BCUT2D eigenvalue weighted by Crippen LogP contribution is 2.40. The van der Waals surface area contributed by atoms with Crippen LogP contribution in [0.25, 0.3) is 11.0 Å². The van der Waals surface area contributed by atoms with Gasteiger partial charge in [0, 0.05) is 0 Å². The highest BCUT2D eigenvalue weighted by molar-refractivity contribution is 5.99. The van der Waals surface area contributed by atoms with Crippen LogP contribution in [0.2, 0.25) is 0 Å². The Morgan fingerprint density at radius 1 is 0.857 bits per heavy atom. The second-order valence-electron chi connectivity index (χ2n) is 8.43. The summed E-state index contributed by atoms with van der Waals surface area (Å²) in [7, 11) is 0. The molecule has 0 spiro atoms. The van der Waals surface area contributed by atoms with E-state index < -0.39 is 6.04 Å². The predicted octanol–water partition coefficient (Wildman–Crippen LogP) is 5.71. The highest BCUT2D eigenvalue weighted by Gasteiger charge is 2.43. The first-order valence-electron chi connectivity index (χ1n) is 11.3. The molecular weight excluding hydrogens is 442 g/mol. The van der Waals surface area contributed by atoms with Crippen LogP contribution in [0, 0.1) is 0 Å². The molecule has 1 amide bonds. The largest absolute Gasteiger partial charge is 0.489 e. The van der Waals surface area contributed by atoms with Gasteiger partial charge in [-0.2, -0.15) is 0 Å². The summed E-state index contributed by atoms with van der Waals surface area (Å²) in [4.78, 5) is 28.7. The Hall–Kier alpha value is -4.58. The van der Waals surface area contributed by atoms with Crippen molar-refractivity contribution in [3.05, 3.63) is 136 Å². The lowest BCUT2D eigenvalue weighted by molar-refractivity contribution is 0.0701. The minimum absolute atomic E-state index is 0.0702. The zero-order valence-corrected chi connectivity index (χ0v) is 18.7. The predicted molar refractivity (Wildman–Crippen MR) is 130 cm³/mol. The fraction of sp³-hybridized carbons (Fsp3) is 0.103. The van der Waals surface area contributed by atoms with Crippen LogP contribution in [0.15, 0.2) is 111 Å². The third-order valence-electron chi connectivity index (χ3n) is 6.20. The molecule has 5 aromatic rings. The molecule has 3 heterocycles. The average molecular weight is 463 g/mol. The summed E-state index contributed by atoms with van der Waals surface area (Å²) in [5.41, 5.74) is 2.32. The first kappa shape index (κ1) is 21.0. The van der Waals surface area contributed by atoms with Crippen molar-refractivity contribution in [2.24, 2.45) is 0 Å². The van der Waals surface area contributed by atoms with Crippen LogP contribution in [-0.4, -0.2) is 10.8 Å². The maximum atomic E-state index is 13.6. The van der Waals surface area contributed by atoms with E-state index >= 15 is 0 Å². The number of furan rings is 1. The van der Waals surface area contributed by atoms with Crippen molar-refractivity contribution in [2.45, 2.75) is 19.2 Å². The maximum absolute atomic E-state index is 13.6. The zero-order valence-electron chi connectivity index (χ0n) is 18.7. The second-order valence-corrected chi connectivity index (χ2v) is 8.43. The van der Waals surface area contributed by atoms with Crippen LogP contribution in [0.1, 0.15) is 39.0 Å². The molecule has 0 aliphatic carbocycles. The third-order valence-corrected chi connectivity index (χ3v) is 6.20. The molecule has 3 aromatic carbocycles. The molecule has 1 unspecified atom stereocenters. The molecule has 1 aliphatic rings. The Balaban J connectivity index is 1.44. The minimum atomic E-state index is -0.635. The van der Waals surface area contributed by atoms with Crippen LogP contribution in [0.4, 0.5) is 0 Å². The average Bonchev–Trinajstić information content (AvgIpc) is 3.51. The normalized spacial score (nSPS) is 14.9. The van der Waals surface area contributed by atoms with Gasteiger partial charge in [-0.25, -0.2) is 0 Å². The molecule has 1 aliphatic heterocycles. The standard InChI is InChI=1S/C29H21NO5/c31-27-23-13-4-5-14-24(23)35-28-25(27)26(30(29(28)32)17-22-12-7-15-33-22)20-10-6-11-21(16-20)34-18-19-8-2-1-3-9-19/h1-16,26H,17-18H2. The molecule has 0 radical (unpaired) electrons. The lowest BCUT2D eigenvalue weighted by atomic mass is 9.98. The van der Waals surface area contributed by atoms with Gasteiger partial charge in [0.05, 0.1) is 29.8 Å². The Morgan fingerprint density at radius 3 is 2.51 bits per heavy atom. The number of ether oxygens (including phenoxy) is 1. The van der Waals surface area contributed by atoms with Crippen molar-refractivity contribution in [2.75, 3.05) is 0 Å². The molecule has 0 fully saturated rings. The summed E-state index contributed by atoms with van der Waals surface area (Å²) in [5.74, 6) is 0.987. The van der Waals surface area contributed by atoms with Gasteiger partial charge >= 0.3 is 0 Å². The van der Waals surface area contributed by atoms with Gasteiger partial charge in [-0.15, -0.1) is 0 Å². The summed E-state index contributed by atoms with van der Waals surface area (Å²) in [6.07, 6.45) is 1.56. The van der Waals surface area contributed by atoms with Gasteiger partial charge < -0.3 is 18.5 Å². The fourth-order valence-electron chi connectivity index (χ4n) is 4.56. The Morgan fingerprint density at radius 2 is 1.69 bits per heavy atom. The van der Waals surface area contributed by atoms with Crippen LogP contribution < -0.4 is 10.2 Å². The summed E-state index contributed by atoms with van der Waals surface area (Å²) in [6, 6.07) is 27.3. The van der Waals surface area contributed by atoms with Gasteiger partial charge in [0.15, 0.2) is 5.43 Å². The molecule has 172 valence electrons. The van der Waals surface area contributed by atoms with Crippen molar-refractivity contribution in [3.63, 3.8) is 0 Å². The number of para-hydroxylation sites is 1. The monoisotopic (exact) mass is 463 g/mol. The molecule has 0 saturated heterocycles. The molecular formula is C29H21NO5. The van der Waals surface area contributed by atoms with Gasteiger partial charge in [0.2, 0.25) is 5.76 Å². The SMILES string of the molecule is O=C1c2oc3ccccc3c(=O)c2C(c2cccc(OCc3ccccc3)c2)N1Cc1ccco1. The molecule has 0 N–H and O–H groups in total. The fourth-order valence-corrected chi connectivity index (χ4v) is 4.56. The molecule has 6 rings (SSSR count). The Kier molecular flexibility index (Phi) is 5.19. The van der Waals surface area contributed by atoms with E-state index in [-0.39, 0.29) is 23.6 Å². The minimum Gasteiger partial charge on any atom is -0.489 e. The summed E-state index contributed by atoms with van der Waals surface area (Å²) >= 11 is 0. The van der Waals surface area contributed by atoms with E-state index in [9.17, 15) is 9.59 Å². The van der Waals surface area contributed by atoms with Crippen LogP contribution in [0.5, 0.6) is 5.75 Å². The zero-order chi connectivity index (χ0) is 23.8. The number of carbonyl (C=O) groups excluding carboxylic acids is 1. The molecule has 6 heteroatoms. The van der Waals surface area contributed by atoms with Crippen molar-refractivity contribution < 1.29 is 18.4 Å². The molecule has 1 atom stereocenters. The van der Waals surface area contributed by atoms with Gasteiger partial charge in [0.1, 0.15) is 23.7 Å². The lowest BCUT2D eigenvalue weighted by Crippen LogP contribution is -2.29. The Bertz CT molecular complexity index is 1570. The van der Waals surface area contributed by atoms with Gasteiger partial charge in [-0.3, -0.25) is 9.59 Å². The van der Waals surface area contributed by atoms with Crippen molar-refractivity contribution in [1.29, 1.82) is 0 Å². The van der Waals surface area contributed by atoms with E-state index in [0.29, 0.717) is 34.6 Å². The van der Waals surface area contributed by atoms with E-state index in [1.807, 2.05) is 54.6 Å². The van der Waals surface area contributed by atoms with Crippen LogP contribution in [-0.2, 0) is 13.2 Å². The molecule has 6 nitrogen and oxygen atoms in total. The number of fused-ring (bicyclic) bond motifs is 2. The first-order valence-corrected chi connectivity index (χ1v) is 11.3. The Labute approximate surface area is 201 Å². The van der Waals surface area contributed by atoms with Crippen molar-refractivity contribution in [1.82, 2.24) is 4.90 Å². The molecule has 0 bridgehead atoms. The summed E-state index contributed by atoms with van der Waals surface area (Å²) < 4.78 is 17.5. The first-order chi connectivity index (χ1) is 17.2. The topological polar surface area (TPSA) is 72.9 Å². The maximum Gasteiger partial charge on any atom is 0.291 e. The van der Waals surface area contributed by atoms with Gasteiger partial charge in [0.25, 0.3) is 5.91 Å². The van der Waals surface area contributed by atoms with Gasteiger partial charge in [-0.1, -0.05) is 54.6 Å². The molecule has 0 saturated carbocycles. The number of rotatable bonds is 6. The number of benzene rings is 3. The van der Waals surface area contributed by atoms with E-state index in [4.69, 9.17) is 13.6 Å². The van der Waals surface area contributed by atoms with Crippen LogP contribution >= 0.6 is 0 Å².